The van der Waals surface area contributed by atoms with E-state index in [1.165, 1.54) is 6.20 Å². The van der Waals surface area contributed by atoms with Crippen molar-refractivity contribution >= 4 is 18.2 Å². The monoisotopic (exact) mass is 314 g/mol. The summed E-state index contributed by atoms with van der Waals surface area (Å²) in [5.41, 5.74) is 5.84. The predicted molar refractivity (Wildman–Crippen MR) is 74.4 cm³/mol. The molecule has 0 bridgehead atoms. The van der Waals surface area contributed by atoms with Crippen molar-refractivity contribution < 1.29 is 34.8 Å². The highest BCUT2D eigenvalue weighted by molar-refractivity contribution is 5.81. The number of aliphatic hydroxyl groups excluding tert-OH is 1. The highest BCUT2D eigenvalue weighted by Gasteiger charge is 2.12. The molecule has 0 saturated heterocycles. The van der Waals surface area contributed by atoms with Gasteiger partial charge in [-0.15, -0.1) is 0 Å². The number of carboxylic acids is 2. The zero-order valence-corrected chi connectivity index (χ0v) is 11.9. The summed E-state index contributed by atoms with van der Waals surface area (Å²) in [6.45, 7) is 1.29. The van der Waals surface area contributed by atoms with E-state index < -0.39 is 18.0 Å². The number of aromatic hydroxyl groups is 1. The lowest BCUT2D eigenvalue weighted by Gasteiger charge is -2.04. The summed E-state index contributed by atoms with van der Waals surface area (Å²) in [5.74, 6) is -2.35. The molecule has 0 saturated carbocycles. The first-order chi connectivity index (χ1) is 10.2. The number of aliphatic hydroxyl groups is 1. The Kier molecular flexibility index (Phi) is 8.34. The minimum Gasteiger partial charge on any atom is -0.505 e. The van der Waals surface area contributed by atoms with Crippen molar-refractivity contribution in [3.8, 4) is 5.75 Å². The molecule has 0 radical (unpaired) electrons. The minimum absolute atomic E-state index is 0.0231. The summed E-state index contributed by atoms with van der Waals surface area (Å²) in [7, 11) is 0. The third-order valence-electron chi connectivity index (χ3n) is 2.63. The van der Waals surface area contributed by atoms with Crippen molar-refractivity contribution in [1.82, 2.24) is 4.98 Å². The first-order valence-corrected chi connectivity index (χ1v) is 6.18. The molecule has 9 heteroatoms. The minimum atomic E-state index is -1.17. The van der Waals surface area contributed by atoms with Crippen LogP contribution in [0.1, 0.15) is 34.5 Å². The number of pyridine rings is 1. The fourth-order valence-electron chi connectivity index (χ4n) is 1.31. The van der Waals surface area contributed by atoms with Crippen LogP contribution in [0.25, 0.3) is 0 Å². The van der Waals surface area contributed by atoms with Crippen LogP contribution in [0.4, 0.5) is 0 Å². The van der Waals surface area contributed by atoms with Gasteiger partial charge in [0.05, 0.1) is 17.9 Å². The Balaban J connectivity index is 0.000000409. The van der Waals surface area contributed by atoms with Gasteiger partial charge < -0.3 is 26.2 Å². The van der Waals surface area contributed by atoms with Crippen LogP contribution in [0, 0.1) is 6.92 Å². The second-order valence-corrected chi connectivity index (χ2v) is 4.28. The first-order valence-electron chi connectivity index (χ1n) is 6.18. The molecule has 0 amide bonds. The number of rotatable bonds is 6. The van der Waals surface area contributed by atoms with Crippen LogP contribution >= 0.6 is 0 Å². The van der Waals surface area contributed by atoms with E-state index in [1.807, 2.05) is 0 Å². The van der Waals surface area contributed by atoms with Crippen LogP contribution in [0.3, 0.4) is 0 Å². The molecule has 0 aliphatic carbocycles. The SMILES string of the molecule is Cc1ncc(CO)c(C=O)c1O.N[C@@H](CCC(=O)O)C(=O)O. The molecule has 1 rings (SSSR count). The number of hydrogen-bond acceptors (Lipinski definition) is 7. The van der Waals surface area contributed by atoms with Gasteiger partial charge in [0, 0.05) is 18.2 Å². The normalized spacial score (nSPS) is 11.0. The molecule has 1 aromatic heterocycles. The van der Waals surface area contributed by atoms with Crippen LogP contribution in [-0.2, 0) is 16.2 Å². The molecule has 1 heterocycles. The molecule has 0 aromatic carbocycles. The number of nitrogens with zero attached hydrogens (tertiary/aromatic N) is 1. The second-order valence-electron chi connectivity index (χ2n) is 4.28. The average molecular weight is 314 g/mol. The fourth-order valence-corrected chi connectivity index (χ4v) is 1.31. The zero-order chi connectivity index (χ0) is 17.3. The summed E-state index contributed by atoms with van der Waals surface area (Å²) < 4.78 is 0. The summed E-state index contributed by atoms with van der Waals surface area (Å²) in [5, 5.41) is 34.3. The van der Waals surface area contributed by atoms with E-state index >= 15 is 0 Å². The summed E-state index contributed by atoms with van der Waals surface area (Å²) in [6, 6.07) is -1.06. The number of carboxylic acid groups (broad SMARTS) is 2. The number of carbonyl (C=O) groups is 3. The smallest absolute Gasteiger partial charge is 0.320 e. The molecule has 1 atom stereocenters. The standard InChI is InChI=1S/C8H9NO3.C5H9NO4/c1-5-8(12)7(4-11)6(3-10)2-9-5;6-3(5(9)10)1-2-4(7)8/h2,4,10,12H,3H2,1H3;3H,1-2,6H2,(H,7,8)(H,9,10)/t;3-/m.0/s1. The Bertz CT molecular complexity index is 545. The maximum atomic E-state index is 10.5. The van der Waals surface area contributed by atoms with Crippen molar-refractivity contribution in [3.63, 3.8) is 0 Å². The molecule has 22 heavy (non-hydrogen) atoms. The van der Waals surface area contributed by atoms with Gasteiger partial charge in [-0.05, 0) is 13.3 Å². The molecule has 1 aromatic rings. The molecule has 122 valence electrons. The Labute approximate surface area is 126 Å². The van der Waals surface area contributed by atoms with Crippen LogP contribution in [0.15, 0.2) is 6.20 Å². The van der Waals surface area contributed by atoms with Gasteiger partial charge in [-0.25, -0.2) is 0 Å². The third kappa shape index (κ3) is 6.29. The highest BCUT2D eigenvalue weighted by atomic mass is 16.4. The topological polar surface area (TPSA) is 171 Å². The lowest BCUT2D eigenvalue weighted by atomic mass is 10.1. The van der Waals surface area contributed by atoms with Gasteiger partial charge in [0.25, 0.3) is 0 Å². The Morgan fingerprint density at radius 1 is 1.41 bits per heavy atom. The van der Waals surface area contributed by atoms with Gasteiger partial charge >= 0.3 is 11.9 Å². The molecular weight excluding hydrogens is 296 g/mol. The number of aryl methyl sites for hydroxylation is 1. The Hall–Kier alpha value is -2.52. The van der Waals surface area contributed by atoms with Crippen molar-refractivity contribution in [3.05, 3.63) is 23.0 Å². The van der Waals surface area contributed by atoms with Crippen molar-refractivity contribution in [1.29, 1.82) is 0 Å². The van der Waals surface area contributed by atoms with Crippen LogP contribution < -0.4 is 5.73 Å². The van der Waals surface area contributed by atoms with E-state index in [0.29, 0.717) is 17.5 Å². The Morgan fingerprint density at radius 3 is 2.41 bits per heavy atom. The van der Waals surface area contributed by atoms with E-state index in [2.05, 4.69) is 4.98 Å². The summed E-state index contributed by atoms with van der Waals surface area (Å²) in [6.07, 6.45) is 1.66. The van der Waals surface area contributed by atoms with Gasteiger partial charge in [-0.3, -0.25) is 19.4 Å². The predicted octanol–water partition coefficient (Wildman–Crippen LogP) is -0.336. The van der Waals surface area contributed by atoms with E-state index in [0.717, 1.165) is 0 Å². The molecule has 6 N–H and O–H groups in total. The van der Waals surface area contributed by atoms with Gasteiger partial charge in [0.15, 0.2) is 6.29 Å². The third-order valence-corrected chi connectivity index (χ3v) is 2.63. The number of aliphatic carboxylic acids is 2. The van der Waals surface area contributed by atoms with Crippen molar-refractivity contribution in [2.45, 2.75) is 32.4 Å². The second kappa shape index (κ2) is 9.42. The summed E-state index contributed by atoms with van der Waals surface area (Å²) in [4.78, 5) is 34.1. The Morgan fingerprint density at radius 2 is 2.00 bits per heavy atom. The number of hydrogen-bond donors (Lipinski definition) is 5. The zero-order valence-electron chi connectivity index (χ0n) is 11.9. The quantitative estimate of drug-likeness (QED) is 0.440. The van der Waals surface area contributed by atoms with E-state index in [-0.39, 0.29) is 30.8 Å². The molecule has 0 unspecified atom stereocenters. The van der Waals surface area contributed by atoms with E-state index in [1.54, 1.807) is 6.92 Å². The fraction of sp³-hybridized carbons (Fsp3) is 0.385. The van der Waals surface area contributed by atoms with Gasteiger partial charge in [-0.2, -0.15) is 0 Å². The van der Waals surface area contributed by atoms with Crippen molar-refractivity contribution in [2.24, 2.45) is 5.73 Å². The van der Waals surface area contributed by atoms with Crippen LogP contribution in [-0.4, -0.2) is 49.7 Å². The largest absolute Gasteiger partial charge is 0.505 e. The molecule has 9 nitrogen and oxygen atoms in total. The lowest BCUT2D eigenvalue weighted by molar-refractivity contribution is -0.139. The molecule has 0 aliphatic heterocycles. The van der Waals surface area contributed by atoms with Gasteiger partial charge in [0.1, 0.15) is 11.8 Å². The molecule has 0 aliphatic rings. The van der Waals surface area contributed by atoms with E-state index in [4.69, 9.17) is 21.1 Å². The van der Waals surface area contributed by atoms with Crippen LogP contribution in [0.2, 0.25) is 0 Å². The lowest BCUT2D eigenvalue weighted by Crippen LogP contribution is -2.30. The summed E-state index contributed by atoms with van der Waals surface area (Å²) >= 11 is 0. The van der Waals surface area contributed by atoms with Crippen molar-refractivity contribution in [2.75, 3.05) is 0 Å². The van der Waals surface area contributed by atoms with E-state index in [9.17, 15) is 19.5 Å². The van der Waals surface area contributed by atoms with Gasteiger partial charge in [-0.1, -0.05) is 0 Å². The number of carbonyl (C=O) groups excluding carboxylic acids is 1. The molecular formula is C13H18N2O7. The molecule has 0 fully saturated rings. The van der Waals surface area contributed by atoms with Gasteiger partial charge in [0.2, 0.25) is 0 Å². The average Bonchev–Trinajstić information content (AvgIpc) is 2.47. The number of aromatic nitrogens is 1. The number of nitrogens with two attached hydrogens (primary N) is 1. The van der Waals surface area contributed by atoms with Crippen LogP contribution in [0.5, 0.6) is 5.75 Å². The highest BCUT2D eigenvalue weighted by Crippen LogP contribution is 2.21. The first kappa shape index (κ1) is 19.5. The maximum absolute atomic E-state index is 10.5. The maximum Gasteiger partial charge on any atom is 0.320 e. The number of aldehydes is 1. The molecule has 0 spiro atoms.